The maximum absolute atomic E-state index is 15.4. The van der Waals surface area contributed by atoms with Gasteiger partial charge in [0, 0.05) is 59.0 Å². The monoisotopic (exact) mass is 1210 g/mol. The van der Waals surface area contributed by atoms with Gasteiger partial charge in [-0.1, -0.05) is 81.2 Å². The number of aldehydes is 1. The Morgan fingerprint density at radius 2 is 1.33 bits per heavy atom. The molecule has 0 aromatic carbocycles. The van der Waals surface area contributed by atoms with E-state index in [4.69, 9.17) is 52.1 Å². The molecule has 85 heavy (non-hydrogen) atoms. The van der Waals surface area contributed by atoms with Crippen molar-refractivity contribution in [2.45, 2.75) is 269 Å². The number of hydrogen-bond acceptors (Lipinski definition) is 22. The van der Waals surface area contributed by atoms with E-state index in [1.165, 1.54) is 28.3 Å². The smallest absolute Gasteiger partial charge is 0.317 e. The summed E-state index contributed by atoms with van der Waals surface area (Å²) in [6, 6.07) is 0. The number of allylic oxidation sites excluding steroid dienone is 1. The number of aliphatic hydroxyl groups excluding tert-OH is 5. The van der Waals surface area contributed by atoms with Crippen LogP contribution in [0.5, 0.6) is 0 Å². The van der Waals surface area contributed by atoms with Crippen LogP contribution >= 0.6 is 0 Å². The largest absolute Gasteiger partial charge is 0.462 e. The molecule has 0 spiro atoms. The van der Waals surface area contributed by atoms with Crippen LogP contribution in [0.15, 0.2) is 11.6 Å². The van der Waals surface area contributed by atoms with Crippen LogP contribution in [0.1, 0.15) is 166 Å². The predicted molar refractivity (Wildman–Crippen MR) is 303 cm³/mol. The highest BCUT2D eigenvalue weighted by Gasteiger charge is 2.74. The minimum absolute atomic E-state index is 0.123. The highest BCUT2D eigenvalue weighted by molar-refractivity contribution is 5.80. The first-order valence-electron chi connectivity index (χ1n) is 31.0. The molecule has 0 aromatic rings. The summed E-state index contributed by atoms with van der Waals surface area (Å²) in [5, 5.41) is 71.0. The molecular formula is C63H102O22. The Kier molecular flexibility index (Phi) is 22.4. The number of rotatable bonds is 25. The predicted octanol–water partition coefficient (Wildman–Crippen LogP) is 5.17. The third-order valence-corrected chi connectivity index (χ3v) is 22.4. The van der Waals surface area contributed by atoms with Gasteiger partial charge in [-0.3, -0.25) is 19.2 Å². The average Bonchev–Trinajstić information content (AvgIpc) is 0.687. The van der Waals surface area contributed by atoms with Crippen LogP contribution in [-0.2, 0) is 76.1 Å². The van der Waals surface area contributed by atoms with Gasteiger partial charge in [0.25, 0.3) is 6.47 Å². The third-order valence-electron chi connectivity index (χ3n) is 22.4. The lowest BCUT2D eigenvalue weighted by atomic mass is 9.35. The molecule has 5 aliphatic carbocycles. The second-order valence-corrected chi connectivity index (χ2v) is 27.7. The summed E-state index contributed by atoms with van der Waals surface area (Å²) in [5.74, 6) is -3.56. The van der Waals surface area contributed by atoms with Gasteiger partial charge in [-0.15, -0.1) is 0 Å². The third kappa shape index (κ3) is 13.1. The standard InChI is InChI=1S/C63H102O22/c1-15-33(3)40(75-11)25-36(66)27-46(69)81-41(34(4)16-2)26-37(67)28-47(70)83-51-48(71)35(5)80-55(53(51)78-14)85-57(73)62-24-23-58(6,7)29-39(62)38-17-18-43-59(8)21-20-45(82-56-52(77-13)50(76-12)49(72)54(84-56)79-32-65)60(9,31-64)42(59)19-22-61(43,10)63(38,74)30-44(62)68/h17,31-37,39-45,48-56,66-68,71-72,74H,15-16,18-30H2,1-14H3/t33?,34-,35?,36?,37+,39+,40?,41-,42+,43+,44?,45-,48?,49?,50?,51?,52?,53?,54?,55?,56?,59+,60?,61?,62?,63?/m0/s1. The van der Waals surface area contributed by atoms with Crippen LogP contribution < -0.4 is 0 Å². The van der Waals surface area contributed by atoms with Crippen LogP contribution in [0.25, 0.3) is 0 Å². The van der Waals surface area contributed by atoms with Crippen molar-refractivity contribution >= 4 is 30.7 Å². The first kappa shape index (κ1) is 69.2. The zero-order valence-electron chi connectivity index (χ0n) is 52.7. The van der Waals surface area contributed by atoms with Crippen LogP contribution in [0.4, 0.5) is 0 Å². The maximum Gasteiger partial charge on any atom is 0.317 e. The lowest BCUT2D eigenvalue weighted by molar-refractivity contribution is -0.362. The Hall–Kier alpha value is -3.23. The molecule has 7 rings (SSSR count). The summed E-state index contributed by atoms with van der Waals surface area (Å²) in [4.78, 5) is 67.3. The maximum atomic E-state index is 15.4. The Balaban J connectivity index is 1.07. The summed E-state index contributed by atoms with van der Waals surface area (Å²) < 4.78 is 64.5. The van der Waals surface area contributed by atoms with E-state index in [2.05, 4.69) is 33.8 Å². The van der Waals surface area contributed by atoms with Gasteiger partial charge in [0.05, 0.1) is 60.5 Å². The van der Waals surface area contributed by atoms with Crippen molar-refractivity contribution < 1.29 is 107 Å². The average molecular weight is 1210 g/mol. The lowest BCUT2D eigenvalue weighted by Crippen LogP contribution is -2.71. The van der Waals surface area contributed by atoms with E-state index in [9.17, 15) is 49.8 Å². The molecule has 2 aliphatic heterocycles. The van der Waals surface area contributed by atoms with Crippen LogP contribution in [0.3, 0.4) is 0 Å². The van der Waals surface area contributed by atoms with Gasteiger partial charge < -0.3 is 87.5 Å². The fourth-order valence-electron chi connectivity index (χ4n) is 16.8. The first-order valence-corrected chi connectivity index (χ1v) is 31.0. The minimum Gasteiger partial charge on any atom is -0.462 e. The quantitative estimate of drug-likeness (QED) is 0.0226. The molecule has 4 saturated carbocycles. The molecule has 0 aromatic heterocycles. The summed E-state index contributed by atoms with van der Waals surface area (Å²) in [5.41, 5.74) is -5.30. The number of fused-ring (bicyclic) bond motifs is 7. The number of carbonyl (C=O) groups excluding carboxylic acids is 5. The van der Waals surface area contributed by atoms with E-state index < -0.39 is 150 Å². The second-order valence-electron chi connectivity index (χ2n) is 27.7. The van der Waals surface area contributed by atoms with Crippen molar-refractivity contribution in [1.82, 2.24) is 0 Å². The van der Waals surface area contributed by atoms with Gasteiger partial charge in [0.2, 0.25) is 12.6 Å². The Morgan fingerprint density at radius 3 is 1.93 bits per heavy atom. The number of esters is 3. The molecule has 2 heterocycles. The van der Waals surface area contributed by atoms with E-state index in [-0.39, 0.29) is 73.8 Å². The normalized spacial score (nSPS) is 42.6. The topological polar surface area (TPSA) is 308 Å². The van der Waals surface area contributed by atoms with E-state index in [1.807, 2.05) is 34.6 Å². The van der Waals surface area contributed by atoms with Crippen molar-refractivity contribution in [3.05, 3.63) is 11.6 Å². The number of carbonyl (C=O) groups is 5. The van der Waals surface area contributed by atoms with Gasteiger partial charge in [-0.05, 0) is 98.4 Å². The van der Waals surface area contributed by atoms with Crippen LogP contribution in [-0.4, -0.2) is 194 Å². The Bertz CT molecular complexity index is 2330. The molecule has 22 nitrogen and oxygen atoms in total. The van der Waals surface area contributed by atoms with Crippen molar-refractivity contribution in [3.63, 3.8) is 0 Å². The first-order chi connectivity index (χ1) is 40.0. The summed E-state index contributed by atoms with van der Waals surface area (Å²) in [6.07, 6.45) is -11.2. The Morgan fingerprint density at radius 1 is 0.718 bits per heavy atom. The number of ether oxygens (including phenoxy) is 11. The molecule has 22 heteroatoms. The highest BCUT2D eigenvalue weighted by Crippen LogP contribution is 2.73. The molecule has 0 radical (unpaired) electrons. The molecule has 26 atom stereocenters. The zero-order valence-corrected chi connectivity index (χ0v) is 52.7. The van der Waals surface area contributed by atoms with Gasteiger partial charge in [0.1, 0.15) is 42.2 Å². The second kappa shape index (κ2) is 27.5. The molecular weight excluding hydrogens is 1110 g/mol. The molecule has 0 bridgehead atoms. The molecule has 486 valence electrons. The van der Waals surface area contributed by atoms with E-state index >= 15 is 4.79 Å². The van der Waals surface area contributed by atoms with Gasteiger partial charge in [-0.2, -0.15) is 0 Å². The van der Waals surface area contributed by atoms with Crippen molar-refractivity contribution in [2.24, 2.45) is 56.7 Å². The van der Waals surface area contributed by atoms with Crippen LogP contribution in [0, 0.1) is 56.7 Å². The Labute approximate surface area is 501 Å². The summed E-state index contributed by atoms with van der Waals surface area (Å²) in [6.45, 7) is 19.8. The molecule has 2 saturated heterocycles. The molecule has 6 N–H and O–H groups in total. The van der Waals surface area contributed by atoms with Crippen molar-refractivity contribution in [3.8, 4) is 0 Å². The van der Waals surface area contributed by atoms with E-state index in [0.29, 0.717) is 56.9 Å². The summed E-state index contributed by atoms with van der Waals surface area (Å²) >= 11 is 0. The molecule has 18 unspecified atom stereocenters. The fourth-order valence-corrected chi connectivity index (χ4v) is 16.8. The lowest BCUT2D eigenvalue weighted by Gasteiger charge is -2.70. The van der Waals surface area contributed by atoms with E-state index in [0.717, 1.165) is 12.7 Å². The van der Waals surface area contributed by atoms with Gasteiger partial charge >= 0.3 is 17.9 Å². The van der Waals surface area contributed by atoms with Crippen LogP contribution in [0.2, 0.25) is 0 Å². The minimum atomic E-state index is -1.60. The van der Waals surface area contributed by atoms with Crippen molar-refractivity contribution in [1.29, 1.82) is 0 Å². The SMILES string of the molecule is CCC(C)C(CC(O)CC(=O)O[C@@H](C[C@@H](O)CC(=O)OC1C(O)C(C)OC(OC(=O)C23CCC(C)(C)C[C@@H]2C2=CC[C@H]4C(C)(CC[C@H]5C(C)(C=O)[C@@H](OC6OC(OC=O)C(O)C(OC)C6OC)CC[C@]54C)C2(O)CC3O)C1OC)[C@@H](C)CC)OC. The highest BCUT2D eigenvalue weighted by atomic mass is 16.8. The van der Waals surface area contributed by atoms with Gasteiger partial charge in [-0.25, -0.2) is 0 Å². The fraction of sp³-hybridized carbons (Fsp3) is 0.889. The zero-order chi connectivity index (χ0) is 62.9. The molecule has 0 amide bonds. The van der Waals surface area contributed by atoms with Crippen molar-refractivity contribution in [2.75, 3.05) is 28.4 Å². The number of aliphatic hydroxyl groups is 6. The molecule has 6 fully saturated rings. The van der Waals surface area contributed by atoms with Gasteiger partial charge in [0.15, 0.2) is 18.5 Å². The van der Waals surface area contributed by atoms with E-state index in [1.54, 1.807) is 7.11 Å². The number of hydrogen-bond donors (Lipinski definition) is 6. The molecule has 7 aliphatic rings. The number of methoxy groups -OCH3 is 4. The summed E-state index contributed by atoms with van der Waals surface area (Å²) in [7, 11) is 5.66.